The standard InChI is InChI=1S/C7H10N4O2/c8-6(12)4-9-7(13)5-11-3-1-2-10-11/h1-3H,4-5H2,(H2,8,12)(H,9,13). The molecule has 1 heterocycles. The Balaban J connectivity index is 2.30. The molecule has 6 nitrogen and oxygen atoms in total. The van der Waals surface area contributed by atoms with Gasteiger partial charge >= 0.3 is 0 Å². The Hall–Kier alpha value is -1.85. The monoisotopic (exact) mass is 182 g/mol. The van der Waals surface area contributed by atoms with Crippen LogP contribution in [0.2, 0.25) is 0 Å². The second kappa shape index (κ2) is 4.24. The van der Waals surface area contributed by atoms with Gasteiger partial charge in [0.15, 0.2) is 0 Å². The minimum absolute atomic E-state index is 0.0975. The number of hydrogen-bond donors (Lipinski definition) is 2. The van der Waals surface area contributed by atoms with Gasteiger partial charge in [-0.15, -0.1) is 0 Å². The minimum atomic E-state index is -0.561. The first-order valence-corrected chi connectivity index (χ1v) is 3.71. The van der Waals surface area contributed by atoms with Gasteiger partial charge in [0, 0.05) is 12.4 Å². The molecular formula is C7H10N4O2. The van der Waals surface area contributed by atoms with E-state index in [9.17, 15) is 9.59 Å². The predicted octanol–water partition coefficient (Wildman–Crippen LogP) is -1.52. The van der Waals surface area contributed by atoms with Crippen LogP contribution in [0.4, 0.5) is 0 Å². The summed E-state index contributed by atoms with van der Waals surface area (Å²) in [6.45, 7) is -0.0413. The van der Waals surface area contributed by atoms with E-state index >= 15 is 0 Å². The third kappa shape index (κ3) is 3.37. The predicted molar refractivity (Wildman–Crippen MR) is 44.4 cm³/mol. The molecule has 0 saturated carbocycles. The van der Waals surface area contributed by atoms with E-state index in [1.165, 1.54) is 4.68 Å². The SMILES string of the molecule is NC(=O)CNC(=O)Cn1cccn1. The van der Waals surface area contributed by atoms with Gasteiger partial charge in [0.1, 0.15) is 6.54 Å². The molecule has 70 valence electrons. The van der Waals surface area contributed by atoms with Crippen LogP contribution >= 0.6 is 0 Å². The van der Waals surface area contributed by atoms with Crippen molar-refractivity contribution in [3.8, 4) is 0 Å². The summed E-state index contributed by atoms with van der Waals surface area (Å²) in [7, 11) is 0. The minimum Gasteiger partial charge on any atom is -0.368 e. The van der Waals surface area contributed by atoms with Gasteiger partial charge < -0.3 is 11.1 Å². The van der Waals surface area contributed by atoms with Crippen LogP contribution in [0.15, 0.2) is 18.5 Å². The zero-order valence-corrected chi connectivity index (χ0v) is 6.93. The van der Waals surface area contributed by atoms with Crippen molar-refractivity contribution in [1.29, 1.82) is 0 Å². The topological polar surface area (TPSA) is 90.0 Å². The summed E-state index contributed by atoms with van der Waals surface area (Å²) in [6.07, 6.45) is 3.23. The Morgan fingerprint density at radius 1 is 1.54 bits per heavy atom. The fraction of sp³-hybridized carbons (Fsp3) is 0.286. The number of primary amides is 1. The van der Waals surface area contributed by atoms with Crippen LogP contribution in [0.3, 0.4) is 0 Å². The second-order valence-electron chi connectivity index (χ2n) is 2.45. The number of nitrogens with two attached hydrogens (primary N) is 1. The molecular weight excluding hydrogens is 172 g/mol. The fourth-order valence-corrected chi connectivity index (χ4v) is 0.783. The second-order valence-corrected chi connectivity index (χ2v) is 2.45. The molecule has 0 aromatic carbocycles. The molecule has 0 atom stereocenters. The maximum absolute atomic E-state index is 11.0. The number of nitrogens with one attached hydrogen (secondary N) is 1. The lowest BCUT2D eigenvalue weighted by Gasteiger charge is -2.01. The molecule has 0 fully saturated rings. The van der Waals surface area contributed by atoms with Gasteiger partial charge in [0.25, 0.3) is 0 Å². The quantitative estimate of drug-likeness (QED) is 0.592. The van der Waals surface area contributed by atoms with Gasteiger partial charge in [0.2, 0.25) is 11.8 Å². The van der Waals surface area contributed by atoms with Crippen molar-refractivity contribution in [1.82, 2.24) is 15.1 Å². The van der Waals surface area contributed by atoms with Crippen molar-refractivity contribution in [2.75, 3.05) is 6.54 Å². The first-order valence-electron chi connectivity index (χ1n) is 3.71. The number of carbonyl (C=O) groups excluding carboxylic acids is 2. The Morgan fingerprint density at radius 2 is 2.31 bits per heavy atom. The Labute approximate surface area is 74.7 Å². The molecule has 0 bridgehead atoms. The first kappa shape index (κ1) is 9.24. The van der Waals surface area contributed by atoms with Gasteiger partial charge in [-0.05, 0) is 6.07 Å². The van der Waals surface area contributed by atoms with E-state index in [-0.39, 0.29) is 19.0 Å². The average Bonchev–Trinajstić information content (AvgIpc) is 2.53. The number of nitrogens with zero attached hydrogens (tertiary/aromatic N) is 2. The van der Waals surface area contributed by atoms with Crippen molar-refractivity contribution < 1.29 is 9.59 Å². The molecule has 0 spiro atoms. The Morgan fingerprint density at radius 3 is 2.85 bits per heavy atom. The molecule has 13 heavy (non-hydrogen) atoms. The Bertz CT molecular complexity index is 293. The van der Waals surface area contributed by atoms with Gasteiger partial charge in [-0.3, -0.25) is 14.3 Å². The van der Waals surface area contributed by atoms with Crippen LogP contribution < -0.4 is 11.1 Å². The lowest BCUT2D eigenvalue weighted by Crippen LogP contribution is -2.35. The lowest BCUT2D eigenvalue weighted by molar-refractivity contribution is -0.125. The highest BCUT2D eigenvalue weighted by molar-refractivity contribution is 5.83. The molecule has 3 N–H and O–H groups in total. The van der Waals surface area contributed by atoms with Crippen molar-refractivity contribution >= 4 is 11.8 Å². The van der Waals surface area contributed by atoms with Gasteiger partial charge in [-0.2, -0.15) is 5.10 Å². The van der Waals surface area contributed by atoms with Crippen molar-refractivity contribution in [2.45, 2.75) is 6.54 Å². The van der Waals surface area contributed by atoms with E-state index in [2.05, 4.69) is 10.4 Å². The molecule has 1 rings (SSSR count). The zero-order valence-electron chi connectivity index (χ0n) is 6.93. The van der Waals surface area contributed by atoms with Crippen LogP contribution in [0.5, 0.6) is 0 Å². The number of rotatable bonds is 4. The highest BCUT2D eigenvalue weighted by atomic mass is 16.2. The maximum atomic E-state index is 11.0. The van der Waals surface area contributed by atoms with Crippen LogP contribution in [0.1, 0.15) is 0 Å². The molecule has 0 aliphatic rings. The molecule has 0 saturated heterocycles. The average molecular weight is 182 g/mol. The summed E-state index contributed by atoms with van der Waals surface area (Å²) in [5.41, 5.74) is 4.84. The van der Waals surface area contributed by atoms with Crippen LogP contribution in [-0.2, 0) is 16.1 Å². The molecule has 1 aromatic heterocycles. The zero-order chi connectivity index (χ0) is 9.68. The third-order valence-corrected chi connectivity index (χ3v) is 1.32. The molecule has 6 heteroatoms. The van der Waals surface area contributed by atoms with Crippen molar-refractivity contribution in [3.63, 3.8) is 0 Å². The van der Waals surface area contributed by atoms with E-state index in [4.69, 9.17) is 5.73 Å². The largest absolute Gasteiger partial charge is 0.368 e. The maximum Gasteiger partial charge on any atom is 0.242 e. The molecule has 0 unspecified atom stereocenters. The van der Waals surface area contributed by atoms with E-state index in [0.717, 1.165) is 0 Å². The van der Waals surface area contributed by atoms with E-state index in [1.807, 2.05) is 0 Å². The Kier molecular flexibility index (Phi) is 3.02. The van der Waals surface area contributed by atoms with E-state index in [1.54, 1.807) is 18.5 Å². The summed E-state index contributed by atoms with van der Waals surface area (Å²) in [6, 6.07) is 1.71. The summed E-state index contributed by atoms with van der Waals surface area (Å²) < 4.78 is 1.45. The lowest BCUT2D eigenvalue weighted by atomic mass is 10.5. The van der Waals surface area contributed by atoms with Crippen LogP contribution in [0.25, 0.3) is 0 Å². The fourth-order valence-electron chi connectivity index (χ4n) is 0.783. The van der Waals surface area contributed by atoms with Crippen molar-refractivity contribution in [2.24, 2.45) is 5.73 Å². The van der Waals surface area contributed by atoms with Crippen LogP contribution in [0, 0.1) is 0 Å². The third-order valence-electron chi connectivity index (χ3n) is 1.32. The van der Waals surface area contributed by atoms with E-state index < -0.39 is 5.91 Å². The summed E-state index contributed by atoms with van der Waals surface area (Å²) in [4.78, 5) is 21.3. The van der Waals surface area contributed by atoms with Crippen LogP contribution in [-0.4, -0.2) is 28.1 Å². The number of hydrogen-bond acceptors (Lipinski definition) is 3. The smallest absolute Gasteiger partial charge is 0.242 e. The first-order chi connectivity index (χ1) is 6.18. The molecule has 0 aliphatic carbocycles. The van der Waals surface area contributed by atoms with Gasteiger partial charge in [-0.1, -0.05) is 0 Å². The number of aromatic nitrogens is 2. The molecule has 0 aliphatic heterocycles. The highest BCUT2D eigenvalue weighted by Gasteiger charge is 2.02. The normalized spacial score (nSPS) is 9.54. The number of amides is 2. The van der Waals surface area contributed by atoms with Gasteiger partial charge in [0.05, 0.1) is 6.54 Å². The summed E-state index contributed by atoms with van der Waals surface area (Å²) in [5, 5.41) is 6.17. The highest BCUT2D eigenvalue weighted by Crippen LogP contribution is 1.83. The van der Waals surface area contributed by atoms with E-state index in [0.29, 0.717) is 0 Å². The van der Waals surface area contributed by atoms with Gasteiger partial charge in [-0.25, -0.2) is 0 Å². The molecule has 1 aromatic rings. The summed E-state index contributed by atoms with van der Waals surface area (Å²) in [5.74, 6) is -0.851. The number of carbonyl (C=O) groups is 2. The van der Waals surface area contributed by atoms with Crippen molar-refractivity contribution in [3.05, 3.63) is 18.5 Å². The summed E-state index contributed by atoms with van der Waals surface area (Å²) >= 11 is 0. The molecule has 0 radical (unpaired) electrons. The molecule has 2 amide bonds.